The Kier molecular flexibility index (Phi) is 109. The first-order valence-electron chi connectivity index (χ1n) is 54.3. The number of aliphatic hydroxyl groups is 2. The van der Waals surface area contributed by atoms with Gasteiger partial charge in [-0.3, -0.25) is 13.8 Å². The number of nitrogens with one attached hydrogen (secondary N) is 3. The number of unbranched alkanes of at least 4 members (excludes halogenated alkanes) is 1. The molecule has 2 aliphatic heterocycles. The number of likely N-dealkylation sites (N-methyl/N-ethyl adjacent to an activating group) is 1. The first-order valence-corrected chi connectivity index (χ1v) is 56.2. The molecule has 3 aromatic carbocycles. The first kappa shape index (κ1) is 159. The van der Waals surface area contributed by atoms with Gasteiger partial charge in [-0.25, -0.2) is 22.0 Å². The van der Waals surface area contributed by atoms with Crippen LogP contribution in [0.3, 0.4) is 0 Å². The summed E-state index contributed by atoms with van der Waals surface area (Å²) in [4.78, 5) is 23.5. The van der Waals surface area contributed by atoms with E-state index in [4.69, 9.17) is 31.3 Å². The second-order valence-corrected chi connectivity index (χ2v) is 45.7. The predicted molar refractivity (Wildman–Crippen MR) is 594 cm³/mol. The van der Waals surface area contributed by atoms with E-state index >= 15 is 0 Å². The molecule has 2 atom stereocenters. The number of amides is 2. The van der Waals surface area contributed by atoms with Gasteiger partial charge in [-0.15, -0.1) is 11.6 Å². The van der Waals surface area contributed by atoms with Gasteiger partial charge in [-0.05, 0) is 196 Å². The Morgan fingerprint density at radius 1 is 0.531 bits per heavy atom. The molecule has 0 radical (unpaired) electrons. The molecule has 13 rings (SSSR count). The zero-order chi connectivity index (χ0) is 113. The summed E-state index contributed by atoms with van der Waals surface area (Å²) in [5.41, 5.74) is 4.63. The van der Waals surface area contributed by atoms with Crippen LogP contribution in [0, 0.1) is 77.9 Å². The zero-order valence-electron chi connectivity index (χ0n) is 98.2. The number of nitrogens with zero attached hydrogens (tertiary/aromatic N) is 1. The number of hydrogen-bond donors (Lipinski definition) is 5. The summed E-state index contributed by atoms with van der Waals surface area (Å²) in [6, 6.07) is 26.5. The molecule has 0 unspecified atom stereocenters. The van der Waals surface area contributed by atoms with Crippen LogP contribution in [0.2, 0.25) is 0 Å². The van der Waals surface area contributed by atoms with Gasteiger partial charge in [0.05, 0.1) is 25.2 Å². The van der Waals surface area contributed by atoms with Crippen molar-refractivity contribution in [3.63, 3.8) is 0 Å². The molecular formula is C117H224ClF11N4O9S. The monoisotopic (exact) mass is 2110 g/mol. The number of rotatable bonds is 10. The van der Waals surface area contributed by atoms with E-state index in [0.717, 1.165) is 153 Å². The van der Waals surface area contributed by atoms with Crippen LogP contribution in [0.4, 0.5) is 48.3 Å². The number of aliphatic hydroxyl groups excluding tert-OH is 2. The van der Waals surface area contributed by atoms with Crippen LogP contribution in [0.15, 0.2) is 83.8 Å². The Bertz CT molecular complexity index is 3120. The van der Waals surface area contributed by atoms with Crippen LogP contribution in [-0.4, -0.2) is 164 Å². The van der Waals surface area contributed by atoms with E-state index in [2.05, 4.69) is 193 Å². The molecule has 13 nitrogen and oxygen atoms in total. The Hall–Kier alpha value is -4.21. The predicted octanol–water partition coefficient (Wildman–Crippen LogP) is 35.3. The van der Waals surface area contributed by atoms with Gasteiger partial charge in [-0.1, -0.05) is 386 Å². The third kappa shape index (κ3) is 151. The smallest absolute Gasteiger partial charge is 0.388 e. The number of benzene rings is 3. The van der Waals surface area contributed by atoms with Gasteiger partial charge in [0.15, 0.2) is 0 Å². The number of halogens is 12. The molecule has 0 aromatic heterocycles. The Morgan fingerprint density at radius 3 is 0.958 bits per heavy atom. The molecule has 0 bridgehead atoms. The average Bonchev–Trinajstić information content (AvgIpc) is 1.66. The van der Waals surface area contributed by atoms with Crippen LogP contribution >= 0.6 is 11.6 Å². The second kappa shape index (κ2) is 98.5. The highest BCUT2D eigenvalue weighted by molar-refractivity contribution is 7.86. The van der Waals surface area contributed by atoms with Crippen molar-refractivity contribution in [1.29, 1.82) is 0 Å². The number of alkyl halides is 12. The van der Waals surface area contributed by atoms with Crippen molar-refractivity contribution >= 4 is 33.5 Å². The van der Waals surface area contributed by atoms with Crippen LogP contribution in [0.25, 0.3) is 0 Å². The lowest BCUT2D eigenvalue weighted by atomic mass is 9.88. The third-order valence-corrected chi connectivity index (χ3v) is 23.3. The highest BCUT2D eigenvalue weighted by Gasteiger charge is 2.53. The molecule has 8 saturated carbocycles. The molecular weight excluding hydrogens is 1880 g/mol. The van der Waals surface area contributed by atoms with Crippen molar-refractivity contribution in [2.24, 2.45) is 64.1 Å². The fourth-order valence-corrected chi connectivity index (χ4v) is 11.1. The minimum absolute atomic E-state index is 0.0255. The van der Waals surface area contributed by atoms with Gasteiger partial charge in [0.1, 0.15) is 5.67 Å². The van der Waals surface area contributed by atoms with Crippen molar-refractivity contribution in [2.75, 3.05) is 86.9 Å². The van der Waals surface area contributed by atoms with Crippen LogP contribution < -0.4 is 16.0 Å². The minimum Gasteiger partial charge on any atom is -0.396 e. The summed E-state index contributed by atoms with van der Waals surface area (Å²) >= 11 is 5.29. The van der Waals surface area contributed by atoms with Gasteiger partial charge in [0.25, 0.3) is 16.0 Å². The Labute approximate surface area is 878 Å². The topological polar surface area (TPSA) is 176 Å². The SMILES string of the molecule is CC(=O)NC(C)(C)C.CC(C)(C)C.CC(C)C.CC(F)F.CC1(F)CC1.CC1CC1.CC1CCC1.CC1CCCC1.CC1CCCCC1.CC1CCOCC1.CCC(F)(F)F.CCC(F)(F)F.CCC1CCCC1.CCCC.CCCO.CCc1ccc(CC)cc1.CN1CCOCC1.CNC(=O)C(C)(C)C.CNC1CC1.COS(=O)(=O)c1ccc(C)cc1.C[C@H](CO)CCl.C[C@H]1CC1(F)F.Cc1ccccc1. The molecule has 2 saturated heterocycles. The molecule has 0 spiro atoms. The summed E-state index contributed by atoms with van der Waals surface area (Å²) in [7, 11) is 3.40. The lowest BCUT2D eigenvalue weighted by molar-refractivity contribution is -0.131. The van der Waals surface area contributed by atoms with Gasteiger partial charge in [0.2, 0.25) is 18.2 Å². The number of hydrogen-bond acceptors (Lipinski definition) is 11. The molecule has 3 aromatic rings. The van der Waals surface area contributed by atoms with Crippen molar-refractivity contribution in [3.8, 4) is 0 Å². The van der Waals surface area contributed by atoms with E-state index < -0.39 is 53.3 Å². The fourth-order valence-electron chi connectivity index (χ4n) is 10.3. The lowest BCUT2D eigenvalue weighted by Gasteiger charge is -2.21. The molecule has 2 heterocycles. The first-order chi connectivity index (χ1) is 66.0. The number of morpholine rings is 1. The highest BCUT2D eigenvalue weighted by Crippen LogP contribution is 2.48. The van der Waals surface area contributed by atoms with Crippen molar-refractivity contribution in [3.05, 3.63) is 101 Å². The van der Waals surface area contributed by atoms with Gasteiger partial charge in [0, 0.05) is 102 Å². The molecule has 2 amide bonds. The Balaban J connectivity index is -0.000000163. The summed E-state index contributed by atoms with van der Waals surface area (Å²) in [5.74, 6) is 5.36. The van der Waals surface area contributed by atoms with E-state index in [1.165, 1.54) is 196 Å². The maximum atomic E-state index is 11.8. The van der Waals surface area contributed by atoms with Crippen LogP contribution in [0.1, 0.15) is 436 Å². The quantitative estimate of drug-likeness (QED) is 0.0742. The van der Waals surface area contributed by atoms with Gasteiger partial charge < -0.3 is 40.5 Å². The molecule has 5 N–H and O–H groups in total. The molecule has 10 aliphatic rings. The van der Waals surface area contributed by atoms with Gasteiger partial charge >= 0.3 is 12.4 Å². The van der Waals surface area contributed by atoms with Crippen molar-refractivity contribution < 1.29 is 90.2 Å². The van der Waals surface area contributed by atoms with E-state index in [-0.39, 0.29) is 52.5 Å². The number of carbonyl (C=O) groups is 2. The molecule has 143 heavy (non-hydrogen) atoms. The number of carbonyl (C=O) groups excluding carboxylic acids is 2. The highest BCUT2D eigenvalue weighted by atomic mass is 35.5. The summed E-state index contributed by atoms with van der Waals surface area (Å²) < 4.78 is 157. The van der Waals surface area contributed by atoms with Crippen molar-refractivity contribution in [2.45, 2.75) is 487 Å². The summed E-state index contributed by atoms with van der Waals surface area (Å²) in [6.07, 6.45) is 29.5. The van der Waals surface area contributed by atoms with Crippen LogP contribution in [-0.2, 0) is 46.2 Å². The number of ether oxygens (including phenoxy) is 2. The van der Waals surface area contributed by atoms with Crippen LogP contribution in [0.5, 0.6) is 0 Å². The number of aryl methyl sites for hydroxylation is 4. The largest absolute Gasteiger partial charge is 0.396 e. The summed E-state index contributed by atoms with van der Waals surface area (Å²) in [6.45, 7) is 71.4. The second-order valence-electron chi connectivity index (χ2n) is 43.7. The molecule has 856 valence electrons. The average molecular weight is 2110 g/mol. The molecule has 10 fully saturated rings. The fraction of sp³-hybridized carbons (Fsp3) is 0.829. The lowest BCUT2D eigenvalue weighted by Crippen LogP contribution is -2.38. The van der Waals surface area contributed by atoms with E-state index in [1.54, 1.807) is 33.0 Å². The normalized spacial score (nSPS) is 17.4. The van der Waals surface area contributed by atoms with Gasteiger partial charge in [-0.2, -0.15) is 34.8 Å². The van der Waals surface area contributed by atoms with E-state index in [0.29, 0.717) is 17.9 Å². The third-order valence-electron chi connectivity index (χ3n) is 21.5. The van der Waals surface area contributed by atoms with E-state index in [1.807, 2.05) is 87.6 Å². The summed E-state index contributed by atoms with van der Waals surface area (Å²) in [5, 5.41) is 24.6. The van der Waals surface area contributed by atoms with Crippen molar-refractivity contribution in [1.82, 2.24) is 20.9 Å². The maximum absolute atomic E-state index is 11.8. The standard InChI is InChI=1S/C10H14.C8H10O3S.C7H14.C7H8.C7H14.2C6H13NO.C6H12O.C6H12.C5H11NO.C5H10.C5H12.C4H9ClO.C4H6F2.C4H7F.C4H9N.C4H8.2C4H10.2C3H5F3.C3H8O.C2H4F2/c1-3-9-5-7-10(4-2)8-6-9;1-7-3-5-8(6-4-7)12(9,10)11-2;2*1-7-5-3-2-4-6-7;1-2-7-5-3-4-6-7;1-6(2,3)5(8)7-4;1-5(8)7-6(2,3)4;1-6-2-4-7-5-3-6;1-6-4-2-3-5-6;1-6-2-4-7-5-3-6;1-5-3-2-4-5;1-5(2,3)4;1-4(2-5)3-6;1-3-2-4(3,5)6;1-4(5)2-3-4;1-5-4-2-3-4;1-4-2-3-4;1-4(2)3;1-3-4-2;2*1-2-3(4,5)6;1-2-3-4;1-2(3)4/h5-8H,3-4H2,1-2H3;3-6H,1-2H3;7H,2-6H2,1H3;2-6H,1H3;7H,2-6H2,1H3;2*1-4H3,(H,7,8);6H,2-5H2,1H3;6H,2-5H2,1H3;2-5H2,1H3;5H,2-4H2,1H3;1-4H3;4,6H,2-3H2,1H3;3H,2H2,1H3;2-3H2,1H3;4-5H,2-3H2,1H3;4H,2-3H2,1H3;4H,1-3H3;3-4H2,1-2H3;2*2H2,1H3;4H,2-3H2,1H3;2H,1H3/t;;;;;;;;;;;;4-;3-;;;;;;;;;/m............00........./s1. The maximum Gasteiger partial charge on any atom is 0.388 e. The molecule has 26 heteroatoms. The minimum atomic E-state index is -3.96. The Morgan fingerprint density at radius 2 is 0.839 bits per heavy atom. The molecule has 8 aliphatic carbocycles. The van der Waals surface area contributed by atoms with E-state index in [9.17, 15) is 66.3 Å². The zero-order valence-corrected chi connectivity index (χ0v) is 99.8.